The van der Waals surface area contributed by atoms with Crippen molar-refractivity contribution in [3.05, 3.63) is 12.2 Å². The predicted molar refractivity (Wildman–Crippen MR) is 101 cm³/mol. The summed E-state index contributed by atoms with van der Waals surface area (Å²) >= 11 is 0. The second kappa shape index (κ2) is 7.27. The highest BCUT2D eigenvalue weighted by Crippen LogP contribution is 2.63. The Bertz CT molecular complexity index is 558. The number of allylic oxidation sites excluding steroid dienone is 1. The van der Waals surface area contributed by atoms with Crippen LogP contribution in [-0.4, -0.2) is 35.5 Å². The molecule has 0 bridgehead atoms. The van der Waals surface area contributed by atoms with Crippen LogP contribution < -0.4 is 0 Å². The molecule has 0 spiro atoms. The largest absolute Gasteiger partial charge is 0.463 e. The van der Waals surface area contributed by atoms with Crippen LogP contribution in [0, 0.1) is 34.5 Å². The first-order chi connectivity index (χ1) is 12.3. The molecule has 0 aliphatic heterocycles. The summed E-state index contributed by atoms with van der Waals surface area (Å²) < 4.78 is 5.45. The molecular formula is C22H36O4. The van der Waals surface area contributed by atoms with Gasteiger partial charge in [-0.2, -0.15) is 0 Å². The van der Waals surface area contributed by atoms with Gasteiger partial charge in [0.25, 0.3) is 0 Å². The third-order valence-corrected chi connectivity index (χ3v) is 8.49. The number of hydrogen-bond donors (Lipinski definition) is 2. The van der Waals surface area contributed by atoms with E-state index in [1.807, 2.05) is 0 Å². The van der Waals surface area contributed by atoms with E-state index in [1.165, 1.54) is 12.5 Å². The van der Waals surface area contributed by atoms with E-state index >= 15 is 0 Å². The van der Waals surface area contributed by atoms with Crippen molar-refractivity contribution in [2.45, 2.75) is 71.8 Å². The molecule has 4 heteroatoms. The first-order valence-electron chi connectivity index (χ1n) is 10.3. The van der Waals surface area contributed by atoms with Gasteiger partial charge in [0.05, 0.1) is 0 Å². The molecule has 2 N–H and O–H groups in total. The van der Waals surface area contributed by atoms with E-state index in [0.717, 1.165) is 44.9 Å². The van der Waals surface area contributed by atoms with Gasteiger partial charge in [0.15, 0.2) is 0 Å². The third kappa shape index (κ3) is 3.13. The summed E-state index contributed by atoms with van der Waals surface area (Å²) in [5.41, 5.74) is 1.52. The molecule has 3 rings (SSSR count). The number of aliphatic hydroxyl groups is 2. The van der Waals surface area contributed by atoms with Crippen LogP contribution in [0.25, 0.3) is 0 Å². The Morgan fingerprint density at radius 2 is 1.88 bits per heavy atom. The lowest BCUT2D eigenvalue weighted by atomic mass is 9.49. The number of ether oxygens (including phenoxy) is 1. The van der Waals surface area contributed by atoms with Gasteiger partial charge in [0.2, 0.25) is 0 Å². The average molecular weight is 365 g/mol. The Hall–Kier alpha value is -0.870. The Labute approximate surface area is 158 Å². The lowest BCUT2D eigenvalue weighted by Crippen LogP contribution is -2.52. The summed E-state index contributed by atoms with van der Waals surface area (Å²) in [6, 6.07) is 0. The monoisotopic (exact) mass is 364 g/mol. The number of carbonyl (C=O) groups excluding carboxylic acids is 1. The maximum atomic E-state index is 11.3. The molecule has 3 aliphatic rings. The van der Waals surface area contributed by atoms with Crippen molar-refractivity contribution in [3.63, 3.8) is 0 Å². The Morgan fingerprint density at radius 3 is 2.50 bits per heavy atom. The quantitative estimate of drug-likeness (QED) is 0.589. The summed E-state index contributed by atoms with van der Waals surface area (Å²) in [6.45, 7) is 10.8. The van der Waals surface area contributed by atoms with Crippen molar-refractivity contribution in [2.75, 3.05) is 13.2 Å². The molecule has 148 valence electrons. The van der Waals surface area contributed by atoms with Crippen molar-refractivity contribution in [1.82, 2.24) is 0 Å². The van der Waals surface area contributed by atoms with Gasteiger partial charge in [0, 0.05) is 20.1 Å². The molecule has 3 saturated carbocycles. The van der Waals surface area contributed by atoms with Gasteiger partial charge >= 0.3 is 5.97 Å². The molecule has 3 fully saturated rings. The van der Waals surface area contributed by atoms with Crippen molar-refractivity contribution >= 4 is 5.97 Å². The fourth-order valence-corrected chi connectivity index (χ4v) is 6.76. The highest BCUT2D eigenvalue weighted by molar-refractivity contribution is 5.66. The molecular weight excluding hydrogens is 328 g/mol. The van der Waals surface area contributed by atoms with Gasteiger partial charge in [-0.1, -0.05) is 26.0 Å². The van der Waals surface area contributed by atoms with E-state index in [4.69, 9.17) is 4.74 Å². The molecule has 0 aromatic rings. The molecule has 3 aliphatic carbocycles. The van der Waals surface area contributed by atoms with Crippen molar-refractivity contribution < 1.29 is 19.7 Å². The summed E-state index contributed by atoms with van der Waals surface area (Å²) in [6.07, 6.45) is 6.89. The molecule has 1 unspecified atom stereocenters. The zero-order valence-electron chi connectivity index (χ0n) is 16.7. The van der Waals surface area contributed by atoms with Crippen LogP contribution in [0.1, 0.15) is 65.7 Å². The number of fused-ring (bicyclic) bond motifs is 1. The van der Waals surface area contributed by atoms with Gasteiger partial charge in [-0.3, -0.25) is 4.79 Å². The zero-order valence-corrected chi connectivity index (χ0v) is 16.7. The summed E-state index contributed by atoms with van der Waals surface area (Å²) in [7, 11) is 0. The summed E-state index contributed by atoms with van der Waals surface area (Å²) in [4.78, 5) is 11.3. The Morgan fingerprint density at radius 1 is 1.15 bits per heavy atom. The highest BCUT2D eigenvalue weighted by atomic mass is 16.5. The fraction of sp³-hybridized carbons (Fsp3) is 0.864. The predicted octanol–water partition coefficient (Wildman–Crippen LogP) is 3.71. The lowest BCUT2D eigenvalue weighted by molar-refractivity contribution is -0.156. The van der Waals surface area contributed by atoms with E-state index in [2.05, 4.69) is 20.4 Å². The molecule has 0 amide bonds. The van der Waals surface area contributed by atoms with E-state index in [9.17, 15) is 15.0 Å². The van der Waals surface area contributed by atoms with Crippen LogP contribution in [-0.2, 0) is 9.53 Å². The van der Waals surface area contributed by atoms with Crippen molar-refractivity contribution in [1.29, 1.82) is 0 Å². The minimum absolute atomic E-state index is 0.00987. The number of rotatable bonds is 4. The van der Waals surface area contributed by atoms with Gasteiger partial charge in [0.1, 0.15) is 6.10 Å². The Kier molecular flexibility index (Phi) is 5.56. The van der Waals surface area contributed by atoms with Gasteiger partial charge < -0.3 is 14.9 Å². The number of aliphatic hydroxyl groups excluding tert-OH is 2. The normalized spacial score (nSPS) is 46.0. The van der Waals surface area contributed by atoms with Crippen LogP contribution in [0.2, 0.25) is 0 Å². The maximum absolute atomic E-state index is 11.3. The summed E-state index contributed by atoms with van der Waals surface area (Å²) in [5.74, 6) is 1.07. The second-order valence-corrected chi connectivity index (χ2v) is 9.55. The SMILES string of the molecule is C=C1CCC2[C@H](CO)[C@@H]([C@@]3(C)CC[C@H](OC(C)=O)C[C@@H]3CO)CC[C@]12C. The van der Waals surface area contributed by atoms with Crippen LogP contribution in [0.15, 0.2) is 12.2 Å². The molecule has 0 radical (unpaired) electrons. The smallest absolute Gasteiger partial charge is 0.302 e. The van der Waals surface area contributed by atoms with Gasteiger partial charge in [-0.05, 0) is 79.4 Å². The number of hydrogen-bond acceptors (Lipinski definition) is 4. The molecule has 0 aromatic carbocycles. The third-order valence-electron chi connectivity index (χ3n) is 8.49. The fourth-order valence-electron chi connectivity index (χ4n) is 6.76. The topological polar surface area (TPSA) is 66.8 Å². The number of carbonyl (C=O) groups is 1. The lowest BCUT2D eigenvalue weighted by Gasteiger charge is -2.56. The maximum Gasteiger partial charge on any atom is 0.302 e. The highest BCUT2D eigenvalue weighted by Gasteiger charge is 2.56. The van der Waals surface area contributed by atoms with E-state index in [0.29, 0.717) is 11.8 Å². The molecule has 7 atom stereocenters. The number of esters is 1. The standard InChI is InChI=1S/C22H36O4/c1-14-5-6-19-18(13-24)20(8-10-21(14,19)3)22(4)9-7-17(26-15(2)25)11-16(22)12-23/h16-20,23-24H,1,5-13H2,2-4H3/t16-,17+,18+,19?,20+,21-,22+/m1/s1. The van der Waals surface area contributed by atoms with E-state index < -0.39 is 0 Å². The molecule has 4 nitrogen and oxygen atoms in total. The second-order valence-electron chi connectivity index (χ2n) is 9.55. The van der Waals surface area contributed by atoms with Crippen LogP contribution in [0.3, 0.4) is 0 Å². The molecule has 26 heavy (non-hydrogen) atoms. The minimum atomic E-state index is -0.235. The van der Waals surface area contributed by atoms with Crippen LogP contribution >= 0.6 is 0 Å². The first kappa shape index (κ1) is 19.9. The van der Waals surface area contributed by atoms with E-state index in [1.54, 1.807) is 0 Å². The van der Waals surface area contributed by atoms with Crippen LogP contribution in [0.4, 0.5) is 0 Å². The minimum Gasteiger partial charge on any atom is -0.463 e. The van der Waals surface area contributed by atoms with Crippen molar-refractivity contribution in [3.8, 4) is 0 Å². The molecule has 0 heterocycles. The molecule has 0 saturated heterocycles. The van der Waals surface area contributed by atoms with E-state index in [-0.39, 0.29) is 48.0 Å². The Balaban J connectivity index is 1.82. The zero-order chi connectivity index (χ0) is 19.1. The van der Waals surface area contributed by atoms with Gasteiger partial charge in [-0.25, -0.2) is 0 Å². The molecule has 0 aromatic heterocycles. The van der Waals surface area contributed by atoms with Gasteiger partial charge in [-0.15, -0.1) is 0 Å². The first-order valence-corrected chi connectivity index (χ1v) is 10.3. The van der Waals surface area contributed by atoms with Crippen LogP contribution in [0.5, 0.6) is 0 Å². The van der Waals surface area contributed by atoms with Crippen molar-refractivity contribution in [2.24, 2.45) is 34.5 Å². The summed E-state index contributed by atoms with van der Waals surface area (Å²) in [5, 5.41) is 20.5. The average Bonchev–Trinajstić information content (AvgIpc) is 2.90.